The lowest BCUT2D eigenvalue weighted by molar-refractivity contribution is 0.0954. The van der Waals surface area contributed by atoms with Crippen LogP contribution in [0.1, 0.15) is 26.4 Å². The van der Waals surface area contributed by atoms with Gasteiger partial charge in [0.15, 0.2) is 5.82 Å². The Morgan fingerprint density at radius 2 is 2.00 bits per heavy atom. The lowest BCUT2D eigenvalue weighted by atomic mass is 10.1. The summed E-state index contributed by atoms with van der Waals surface area (Å²) in [6.07, 6.45) is 2.95. The van der Waals surface area contributed by atoms with E-state index < -0.39 is 11.8 Å². The number of hydrogen-bond donors (Lipinski definition) is 4. The number of nitrogen functional groups attached to an aromatic ring is 1. The van der Waals surface area contributed by atoms with Crippen molar-refractivity contribution >= 4 is 56.6 Å². The van der Waals surface area contributed by atoms with Crippen LogP contribution >= 0.6 is 39.1 Å². The Kier molecular flexibility index (Phi) is 6.50. The van der Waals surface area contributed by atoms with Gasteiger partial charge in [0.2, 0.25) is 0 Å². The highest BCUT2D eigenvalue weighted by atomic mass is 79.9. The summed E-state index contributed by atoms with van der Waals surface area (Å²) >= 11 is 15.5. The van der Waals surface area contributed by atoms with Crippen LogP contribution in [-0.2, 0) is 6.54 Å². The Balaban J connectivity index is 2.08. The molecule has 3 aromatic rings. The Morgan fingerprint density at radius 1 is 1.24 bits per heavy atom. The van der Waals surface area contributed by atoms with Gasteiger partial charge in [0.25, 0.3) is 11.8 Å². The molecule has 0 bridgehead atoms. The number of carbonyl (C=O) groups excluding carboxylic acids is 2. The predicted octanol–water partition coefficient (Wildman–Crippen LogP) is 2.65. The standard InChI is InChI=1S/C17H14BrCl2N7O2/c18-11-7-24-27(15-12(20)2-1-3-23-15)14(11)17(29)25-13-8(6-21)4-9(19)5-10(13)16(28)26-22/h1-5,7H,6,21-22H2,(H,25,29)(H,26,28). The molecule has 0 spiro atoms. The van der Waals surface area contributed by atoms with Crippen molar-refractivity contribution in [3.8, 4) is 5.82 Å². The van der Waals surface area contributed by atoms with Gasteiger partial charge in [0.1, 0.15) is 5.69 Å². The Labute approximate surface area is 183 Å². The quantitative estimate of drug-likeness (QED) is 0.242. The maximum atomic E-state index is 13.1. The smallest absolute Gasteiger partial charge is 0.275 e. The molecule has 1 aromatic carbocycles. The summed E-state index contributed by atoms with van der Waals surface area (Å²) in [4.78, 5) is 29.5. The number of nitrogens with zero attached hydrogens (tertiary/aromatic N) is 3. The second-order valence-corrected chi connectivity index (χ2v) is 7.38. The highest BCUT2D eigenvalue weighted by Crippen LogP contribution is 2.29. The average Bonchev–Trinajstić information content (AvgIpc) is 3.09. The fourth-order valence-electron chi connectivity index (χ4n) is 2.63. The second-order valence-electron chi connectivity index (χ2n) is 5.68. The minimum absolute atomic E-state index is 0.0214. The first-order chi connectivity index (χ1) is 13.9. The van der Waals surface area contributed by atoms with Crippen LogP contribution in [0.5, 0.6) is 0 Å². The van der Waals surface area contributed by atoms with Crippen LogP contribution in [0.2, 0.25) is 10.0 Å². The molecule has 0 aliphatic heterocycles. The molecule has 2 amide bonds. The number of carbonyl (C=O) groups is 2. The summed E-state index contributed by atoms with van der Waals surface area (Å²) in [6.45, 7) is 0.0214. The molecule has 0 saturated heterocycles. The molecule has 9 nitrogen and oxygen atoms in total. The molecule has 2 aromatic heterocycles. The van der Waals surface area contributed by atoms with Gasteiger partial charge in [0, 0.05) is 17.8 Å². The van der Waals surface area contributed by atoms with Crippen LogP contribution in [0.25, 0.3) is 5.82 Å². The predicted molar refractivity (Wildman–Crippen MR) is 113 cm³/mol. The van der Waals surface area contributed by atoms with E-state index in [0.29, 0.717) is 15.1 Å². The average molecular weight is 499 g/mol. The number of benzene rings is 1. The maximum absolute atomic E-state index is 13.1. The summed E-state index contributed by atoms with van der Waals surface area (Å²) < 4.78 is 1.67. The second kappa shape index (κ2) is 8.89. The first kappa shape index (κ1) is 21.2. The van der Waals surface area contributed by atoms with E-state index in [9.17, 15) is 9.59 Å². The number of hydrazine groups is 1. The van der Waals surface area contributed by atoms with Crippen LogP contribution in [0.3, 0.4) is 0 Å². The van der Waals surface area contributed by atoms with Crippen molar-refractivity contribution in [3.05, 3.63) is 68.0 Å². The van der Waals surface area contributed by atoms with Gasteiger partial charge in [-0.3, -0.25) is 15.0 Å². The van der Waals surface area contributed by atoms with Gasteiger partial charge < -0.3 is 11.1 Å². The van der Waals surface area contributed by atoms with Crippen molar-refractivity contribution in [2.75, 3.05) is 5.32 Å². The van der Waals surface area contributed by atoms with Crippen LogP contribution in [0, 0.1) is 0 Å². The van der Waals surface area contributed by atoms with E-state index in [1.54, 1.807) is 18.2 Å². The number of aromatic nitrogens is 3. The first-order valence-corrected chi connectivity index (χ1v) is 9.61. The van der Waals surface area contributed by atoms with E-state index in [1.807, 2.05) is 5.43 Å². The van der Waals surface area contributed by atoms with E-state index in [4.69, 9.17) is 34.8 Å². The molecule has 6 N–H and O–H groups in total. The van der Waals surface area contributed by atoms with Gasteiger partial charge in [-0.05, 0) is 45.8 Å². The molecule has 0 unspecified atom stereocenters. The number of halogens is 3. The monoisotopic (exact) mass is 497 g/mol. The summed E-state index contributed by atoms with van der Waals surface area (Å²) in [7, 11) is 0. The molecule has 0 radical (unpaired) electrons. The molecular formula is C17H14BrCl2N7O2. The van der Waals surface area contributed by atoms with Crippen molar-refractivity contribution in [3.63, 3.8) is 0 Å². The van der Waals surface area contributed by atoms with Gasteiger partial charge in [-0.2, -0.15) is 5.10 Å². The van der Waals surface area contributed by atoms with Gasteiger partial charge >= 0.3 is 0 Å². The summed E-state index contributed by atoms with van der Waals surface area (Å²) in [5, 5.41) is 7.42. The van der Waals surface area contributed by atoms with Gasteiger partial charge in [-0.25, -0.2) is 15.5 Å². The third-order valence-electron chi connectivity index (χ3n) is 3.90. The van der Waals surface area contributed by atoms with Gasteiger partial charge in [0.05, 0.1) is 26.9 Å². The number of nitrogens with one attached hydrogen (secondary N) is 2. The fourth-order valence-corrected chi connectivity index (χ4v) is 3.51. The minimum Gasteiger partial charge on any atom is -0.326 e. The Bertz CT molecular complexity index is 1100. The molecule has 0 atom stereocenters. The minimum atomic E-state index is -0.641. The van der Waals surface area contributed by atoms with Gasteiger partial charge in [-0.1, -0.05) is 23.2 Å². The molecule has 150 valence electrons. The highest BCUT2D eigenvalue weighted by molar-refractivity contribution is 9.10. The molecule has 0 saturated carbocycles. The Hall–Kier alpha value is -2.50. The normalized spacial score (nSPS) is 10.7. The SMILES string of the molecule is NCc1cc(Cl)cc(C(=O)NN)c1NC(=O)c1c(Br)cnn1-c1ncccc1Cl. The maximum Gasteiger partial charge on any atom is 0.275 e. The van der Waals surface area contributed by atoms with Gasteiger partial charge in [-0.15, -0.1) is 0 Å². The van der Waals surface area contributed by atoms with Crippen LogP contribution in [-0.4, -0.2) is 26.6 Å². The molecule has 12 heteroatoms. The topological polar surface area (TPSA) is 141 Å². The fraction of sp³-hybridized carbons (Fsp3) is 0.0588. The molecule has 29 heavy (non-hydrogen) atoms. The third-order valence-corrected chi connectivity index (χ3v) is 4.99. The zero-order chi connectivity index (χ0) is 21.1. The van der Waals surface area contributed by atoms with Crippen molar-refractivity contribution < 1.29 is 9.59 Å². The summed E-state index contributed by atoms with van der Waals surface area (Å²) in [5.41, 5.74) is 8.59. The largest absolute Gasteiger partial charge is 0.326 e. The third kappa shape index (κ3) is 4.26. The number of hydrogen-bond acceptors (Lipinski definition) is 6. The molecule has 3 rings (SSSR count). The van der Waals surface area contributed by atoms with Crippen molar-refractivity contribution in [1.82, 2.24) is 20.2 Å². The lowest BCUT2D eigenvalue weighted by Gasteiger charge is -2.16. The highest BCUT2D eigenvalue weighted by Gasteiger charge is 2.24. The molecule has 0 fully saturated rings. The first-order valence-electron chi connectivity index (χ1n) is 8.06. The van der Waals surface area contributed by atoms with Crippen LogP contribution < -0.4 is 22.3 Å². The van der Waals surface area contributed by atoms with E-state index in [1.165, 1.54) is 23.1 Å². The molecule has 0 aliphatic carbocycles. The molecule has 2 heterocycles. The van der Waals surface area contributed by atoms with E-state index >= 15 is 0 Å². The zero-order valence-corrected chi connectivity index (χ0v) is 17.7. The number of amides is 2. The number of pyridine rings is 1. The van der Waals surface area contributed by atoms with E-state index in [0.717, 1.165) is 0 Å². The van der Waals surface area contributed by atoms with E-state index in [-0.39, 0.29) is 34.3 Å². The molecular weight excluding hydrogens is 485 g/mol. The van der Waals surface area contributed by atoms with Crippen LogP contribution in [0.4, 0.5) is 5.69 Å². The number of rotatable bonds is 5. The summed E-state index contributed by atoms with van der Waals surface area (Å²) in [5.74, 6) is 4.29. The number of nitrogens with two attached hydrogens (primary N) is 2. The number of anilines is 1. The van der Waals surface area contributed by atoms with Crippen molar-refractivity contribution in [2.24, 2.45) is 11.6 Å². The zero-order valence-electron chi connectivity index (χ0n) is 14.6. The summed E-state index contributed by atoms with van der Waals surface area (Å²) in [6, 6.07) is 6.20. The van der Waals surface area contributed by atoms with Crippen LogP contribution in [0.15, 0.2) is 41.1 Å². The van der Waals surface area contributed by atoms with Crippen molar-refractivity contribution in [1.29, 1.82) is 0 Å². The Morgan fingerprint density at radius 3 is 2.66 bits per heavy atom. The van der Waals surface area contributed by atoms with Crippen molar-refractivity contribution in [2.45, 2.75) is 6.54 Å². The van der Waals surface area contributed by atoms with E-state index in [2.05, 4.69) is 31.3 Å². The lowest BCUT2D eigenvalue weighted by Crippen LogP contribution is -2.31. The molecule has 0 aliphatic rings.